The molecule has 0 amide bonds. The number of nitrogens with one attached hydrogen (secondary N) is 1. The van der Waals surface area contributed by atoms with Gasteiger partial charge in [-0.15, -0.1) is 0 Å². The highest BCUT2D eigenvalue weighted by Crippen LogP contribution is 2.32. The number of sulfonamides is 1. The maximum absolute atomic E-state index is 11.4. The zero-order valence-corrected chi connectivity index (χ0v) is 9.71. The summed E-state index contributed by atoms with van der Waals surface area (Å²) in [5, 5.41) is 0. The predicted molar refractivity (Wildman–Crippen MR) is 60.5 cm³/mol. The Kier molecular flexibility index (Phi) is 2.91. The molecule has 1 aliphatic rings. The van der Waals surface area contributed by atoms with E-state index in [1.165, 1.54) is 0 Å². The van der Waals surface area contributed by atoms with Crippen LogP contribution in [0.5, 0.6) is 11.5 Å². The summed E-state index contributed by atoms with van der Waals surface area (Å²) in [5.41, 5.74) is 0.492. The standard InChI is InChI=1S/C10H13NO4S/c1-2-16(12,13)11-8-3-4-9-10(7-8)15-6-5-14-9/h3-4,7,11H,2,5-6H2,1H3. The maximum Gasteiger partial charge on any atom is 0.232 e. The number of anilines is 1. The zero-order valence-electron chi connectivity index (χ0n) is 8.89. The Morgan fingerprint density at radius 1 is 1.25 bits per heavy atom. The van der Waals surface area contributed by atoms with Crippen molar-refractivity contribution in [2.45, 2.75) is 6.92 Å². The Morgan fingerprint density at radius 2 is 1.94 bits per heavy atom. The van der Waals surface area contributed by atoms with Gasteiger partial charge in [-0.05, 0) is 19.1 Å². The van der Waals surface area contributed by atoms with Crippen molar-refractivity contribution >= 4 is 15.7 Å². The third-order valence-electron chi connectivity index (χ3n) is 2.20. The monoisotopic (exact) mass is 243 g/mol. The van der Waals surface area contributed by atoms with E-state index >= 15 is 0 Å². The SMILES string of the molecule is CCS(=O)(=O)Nc1ccc2c(c1)OCCO2. The highest BCUT2D eigenvalue weighted by Gasteiger charge is 2.13. The van der Waals surface area contributed by atoms with Gasteiger partial charge in [0.2, 0.25) is 10.0 Å². The number of rotatable bonds is 3. The first kappa shape index (κ1) is 11.1. The molecule has 0 saturated carbocycles. The Labute approximate surface area is 94.4 Å². The number of hydrogen-bond donors (Lipinski definition) is 1. The van der Waals surface area contributed by atoms with Crippen LogP contribution in [0.15, 0.2) is 18.2 Å². The van der Waals surface area contributed by atoms with Gasteiger partial charge in [0.25, 0.3) is 0 Å². The molecule has 0 radical (unpaired) electrons. The van der Waals surface area contributed by atoms with Crippen LogP contribution in [0.4, 0.5) is 5.69 Å². The maximum atomic E-state index is 11.4. The van der Waals surface area contributed by atoms with Crippen molar-refractivity contribution in [3.63, 3.8) is 0 Å². The second-order valence-electron chi connectivity index (χ2n) is 3.36. The molecular formula is C10H13NO4S. The van der Waals surface area contributed by atoms with Crippen LogP contribution in [0.2, 0.25) is 0 Å². The fraction of sp³-hybridized carbons (Fsp3) is 0.400. The van der Waals surface area contributed by atoms with E-state index in [2.05, 4.69) is 4.72 Å². The third kappa shape index (κ3) is 2.38. The smallest absolute Gasteiger partial charge is 0.232 e. The molecule has 1 aliphatic heterocycles. The van der Waals surface area contributed by atoms with Crippen LogP contribution in [0.1, 0.15) is 6.92 Å². The number of hydrogen-bond acceptors (Lipinski definition) is 4. The first-order chi connectivity index (χ1) is 7.61. The summed E-state index contributed by atoms with van der Waals surface area (Å²) in [5.74, 6) is 1.26. The Balaban J connectivity index is 2.24. The minimum absolute atomic E-state index is 0.0431. The molecule has 0 saturated heterocycles. The van der Waals surface area contributed by atoms with Gasteiger partial charge in [0, 0.05) is 6.07 Å². The summed E-state index contributed by atoms with van der Waals surface area (Å²) < 4.78 is 35.8. The van der Waals surface area contributed by atoms with Crippen LogP contribution in [0.3, 0.4) is 0 Å². The largest absolute Gasteiger partial charge is 0.486 e. The second kappa shape index (κ2) is 4.21. The molecule has 6 heteroatoms. The Bertz CT molecular complexity index is 484. The molecule has 0 unspecified atom stereocenters. The lowest BCUT2D eigenvalue weighted by molar-refractivity contribution is 0.171. The molecule has 5 nitrogen and oxygen atoms in total. The average molecular weight is 243 g/mol. The first-order valence-corrected chi connectivity index (χ1v) is 6.66. The molecule has 0 aliphatic carbocycles. The Hall–Kier alpha value is -1.43. The average Bonchev–Trinajstić information content (AvgIpc) is 2.28. The van der Waals surface area contributed by atoms with Crippen molar-refractivity contribution in [3.05, 3.63) is 18.2 Å². The van der Waals surface area contributed by atoms with Crippen LogP contribution in [-0.4, -0.2) is 27.4 Å². The summed E-state index contributed by atoms with van der Waals surface area (Å²) in [4.78, 5) is 0. The number of ether oxygens (including phenoxy) is 2. The second-order valence-corrected chi connectivity index (χ2v) is 5.37. The molecular weight excluding hydrogens is 230 g/mol. The summed E-state index contributed by atoms with van der Waals surface area (Å²) >= 11 is 0. The van der Waals surface area contributed by atoms with E-state index in [4.69, 9.17) is 9.47 Å². The van der Waals surface area contributed by atoms with E-state index < -0.39 is 10.0 Å². The van der Waals surface area contributed by atoms with Crippen LogP contribution >= 0.6 is 0 Å². The number of fused-ring (bicyclic) bond motifs is 1. The first-order valence-electron chi connectivity index (χ1n) is 5.01. The zero-order chi connectivity index (χ0) is 11.6. The van der Waals surface area contributed by atoms with Crippen molar-refractivity contribution in [1.82, 2.24) is 0 Å². The Morgan fingerprint density at radius 3 is 2.62 bits per heavy atom. The van der Waals surface area contributed by atoms with Gasteiger partial charge in [0.1, 0.15) is 13.2 Å². The van der Waals surface area contributed by atoms with E-state index in [0.29, 0.717) is 30.4 Å². The summed E-state index contributed by atoms with van der Waals surface area (Å²) in [7, 11) is -3.25. The fourth-order valence-electron chi connectivity index (χ4n) is 1.36. The molecule has 16 heavy (non-hydrogen) atoms. The van der Waals surface area contributed by atoms with Crippen molar-refractivity contribution in [3.8, 4) is 11.5 Å². The van der Waals surface area contributed by atoms with Crippen LogP contribution in [0.25, 0.3) is 0 Å². The van der Waals surface area contributed by atoms with Crippen molar-refractivity contribution in [2.24, 2.45) is 0 Å². The topological polar surface area (TPSA) is 64.6 Å². The van der Waals surface area contributed by atoms with Crippen LogP contribution in [-0.2, 0) is 10.0 Å². The predicted octanol–water partition coefficient (Wildman–Crippen LogP) is 1.22. The molecule has 88 valence electrons. The number of benzene rings is 1. The molecule has 1 N–H and O–H groups in total. The van der Waals surface area contributed by atoms with Crippen LogP contribution in [0, 0.1) is 0 Å². The van der Waals surface area contributed by atoms with Gasteiger partial charge in [-0.3, -0.25) is 4.72 Å². The lowest BCUT2D eigenvalue weighted by Gasteiger charge is -2.19. The fourth-order valence-corrected chi connectivity index (χ4v) is 1.99. The minimum atomic E-state index is -3.25. The molecule has 1 heterocycles. The van der Waals surface area contributed by atoms with Crippen molar-refractivity contribution < 1.29 is 17.9 Å². The molecule has 1 aromatic rings. The highest BCUT2D eigenvalue weighted by molar-refractivity contribution is 7.92. The lowest BCUT2D eigenvalue weighted by Crippen LogP contribution is -2.17. The van der Waals surface area contributed by atoms with Gasteiger partial charge in [-0.25, -0.2) is 8.42 Å². The molecule has 0 spiro atoms. The third-order valence-corrected chi connectivity index (χ3v) is 3.50. The minimum Gasteiger partial charge on any atom is -0.486 e. The van der Waals surface area contributed by atoms with Gasteiger partial charge >= 0.3 is 0 Å². The van der Waals surface area contributed by atoms with Crippen molar-refractivity contribution in [1.29, 1.82) is 0 Å². The highest BCUT2D eigenvalue weighted by atomic mass is 32.2. The molecule has 0 atom stereocenters. The van der Waals surface area contributed by atoms with E-state index in [-0.39, 0.29) is 5.75 Å². The van der Waals surface area contributed by atoms with Gasteiger partial charge < -0.3 is 9.47 Å². The molecule has 0 bridgehead atoms. The molecule has 0 aromatic heterocycles. The normalized spacial score (nSPS) is 14.6. The lowest BCUT2D eigenvalue weighted by atomic mass is 10.3. The quantitative estimate of drug-likeness (QED) is 0.867. The molecule has 1 aromatic carbocycles. The van der Waals surface area contributed by atoms with Gasteiger partial charge in [-0.1, -0.05) is 0 Å². The summed E-state index contributed by atoms with van der Waals surface area (Å²) in [6, 6.07) is 4.98. The molecule has 2 rings (SSSR count). The van der Waals surface area contributed by atoms with Gasteiger partial charge in [-0.2, -0.15) is 0 Å². The van der Waals surface area contributed by atoms with E-state index in [1.54, 1.807) is 25.1 Å². The summed E-state index contributed by atoms with van der Waals surface area (Å²) in [6.45, 7) is 2.59. The summed E-state index contributed by atoms with van der Waals surface area (Å²) in [6.07, 6.45) is 0. The van der Waals surface area contributed by atoms with Gasteiger partial charge in [0.15, 0.2) is 11.5 Å². The van der Waals surface area contributed by atoms with Crippen LogP contribution < -0.4 is 14.2 Å². The van der Waals surface area contributed by atoms with E-state index in [1.807, 2.05) is 0 Å². The van der Waals surface area contributed by atoms with Gasteiger partial charge in [0.05, 0.1) is 11.4 Å². The van der Waals surface area contributed by atoms with E-state index in [0.717, 1.165) is 0 Å². The molecule has 0 fully saturated rings. The van der Waals surface area contributed by atoms with Crippen molar-refractivity contribution in [2.75, 3.05) is 23.7 Å². The van der Waals surface area contributed by atoms with E-state index in [9.17, 15) is 8.42 Å².